The Kier molecular flexibility index (Phi) is 3.23. The number of hydrogen-bond acceptors (Lipinski definition) is 4. The van der Waals surface area contributed by atoms with Crippen LogP contribution in [0.3, 0.4) is 0 Å². The van der Waals surface area contributed by atoms with Crippen LogP contribution >= 0.6 is 0 Å². The molecule has 0 aromatic heterocycles. The number of ether oxygens (including phenoxy) is 1. The second-order valence-corrected chi connectivity index (χ2v) is 7.85. The van der Waals surface area contributed by atoms with Gasteiger partial charge in [-0.05, 0) is 36.9 Å². The highest BCUT2D eigenvalue weighted by atomic mass is 16.5. The van der Waals surface area contributed by atoms with Crippen LogP contribution in [0, 0.1) is 0 Å². The van der Waals surface area contributed by atoms with Crippen molar-refractivity contribution < 1.29 is 9.84 Å². The molecule has 0 radical (unpaired) electrons. The van der Waals surface area contributed by atoms with Gasteiger partial charge < -0.3 is 14.7 Å². The molecule has 1 spiro atoms. The van der Waals surface area contributed by atoms with E-state index in [-0.39, 0.29) is 12.0 Å². The number of para-hydroxylation sites is 1. The lowest BCUT2D eigenvalue weighted by atomic mass is 9.77. The molecule has 1 atom stereocenters. The molecule has 3 aromatic carbocycles. The third-order valence-electron chi connectivity index (χ3n) is 6.18. The SMILES string of the molecule is CN1c2ccccc2C(C)(C)C12C=Nc1c(c(CO)cc3ccccc13)O2. The number of nitrogens with zero attached hydrogens (tertiary/aromatic N) is 2. The highest BCUT2D eigenvalue weighted by Gasteiger charge is 2.58. The van der Waals surface area contributed by atoms with Crippen LogP contribution in [0.2, 0.25) is 0 Å². The Morgan fingerprint density at radius 1 is 1.07 bits per heavy atom. The molecule has 0 saturated carbocycles. The molecule has 3 aromatic rings. The normalized spacial score (nSPS) is 22.0. The third-order valence-corrected chi connectivity index (χ3v) is 6.18. The fourth-order valence-electron chi connectivity index (χ4n) is 4.59. The van der Waals surface area contributed by atoms with Gasteiger partial charge in [0.15, 0.2) is 5.75 Å². The van der Waals surface area contributed by atoms with Crippen LogP contribution in [0.15, 0.2) is 59.6 Å². The summed E-state index contributed by atoms with van der Waals surface area (Å²) < 4.78 is 6.74. The van der Waals surface area contributed by atoms with Gasteiger partial charge >= 0.3 is 0 Å². The average molecular weight is 358 g/mol. The summed E-state index contributed by atoms with van der Waals surface area (Å²) in [6.45, 7) is 4.29. The topological polar surface area (TPSA) is 45.1 Å². The van der Waals surface area contributed by atoms with Crippen molar-refractivity contribution in [1.29, 1.82) is 0 Å². The van der Waals surface area contributed by atoms with Gasteiger partial charge in [0, 0.05) is 23.7 Å². The molecule has 0 amide bonds. The largest absolute Gasteiger partial charge is 0.459 e. The van der Waals surface area contributed by atoms with E-state index in [0.717, 1.165) is 27.7 Å². The smallest absolute Gasteiger partial charge is 0.228 e. The first-order valence-electron chi connectivity index (χ1n) is 9.22. The summed E-state index contributed by atoms with van der Waals surface area (Å²) in [6.07, 6.45) is 1.93. The molecule has 5 rings (SSSR count). The summed E-state index contributed by atoms with van der Waals surface area (Å²) in [4.78, 5) is 7.05. The lowest BCUT2D eigenvalue weighted by molar-refractivity contribution is 0.0798. The summed E-state index contributed by atoms with van der Waals surface area (Å²) in [5.74, 6) is 0.673. The van der Waals surface area contributed by atoms with Gasteiger partial charge in [0.1, 0.15) is 5.69 Å². The Morgan fingerprint density at radius 2 is 1.81 bits per heavy atom. The summed E-state index contributed by atoms with van der Waals surface area (Å²) in [7, 11) is 2.05. The van der Waals surface area contributed by atoms with Crippen LogP contribution in [-0.2, 0) is 12.0 Å². The van der Waals surface area contributed by atoms with Gasteiger partial charge in [-0.2, -0.15) is 0 Å². The van der Waals surface area contributed by atoms with E-state index in [0.29, 0.717) is 5.75 Å². The van der Waals surface area contributed by atoms with Crippen molar-refractivity contribution in [1.82, 2.24) is 0 Å². The van der Waals surface area contributed by atoms with E-state index in [1.165, 1.54) is 5.56 Å². The van der Waals surface area contributed by atoms with Crippen LogP contribution in [-0.4, -0.2) is 24.1 Å². The molecule has 1 N–H and O–H groups in total. The van der Waals surface area contributed by atoms with Crippen LogP contribution in [0.25, 0.3) is 10.8 Å². The van der Waals surface area contributed by atoms with Gasteiger partial charge in [-0.3, -0.25) is 4.99 Å². The Balaban J connectivity index is 1.76. The Labute approximate surface area is 158 Å². The van der Waals surface area contributed by atoms with Crippen LogP contribution in [0.1, 0.15) is 25.0 Å². The first kappa shape index (κ1) is 16.3. The first-order chi connectivity index (χ1) is 13.0. The Morgan fingerprint density at radius 3 is 2.59 bits per heavy atom. The van der Waals surface area contributed by atoms with Crippen LogP contribution in [0.4, 0.5) is 11.4 Å². The van der Waals surface area contributed by atoms with E-state index >= 15 is 0 Å². The average Bonchev–Trinajstić information content (AvgIpc) is 2.86. The quantitative estimate of drug-likeness (QED) is 0.694. The fraction of sp³-hybridized carbons (Fsp3) is 0.261. The number of likely N-dealkylation sites (N-methyl/N-ethyl adjacent to an activating group) is 1. The molecule has 136 valence electrons. The molecule has 1 unspecified atom stereocenters. The lowest BCUT2D eigenvalue weighted by Crippen LogP contribution is -2.61. The summed E-state index contributed by atoms with van der Waals surface area (Å²) >= 11 is 0. The Bertz CT molecular complexity index is 1100. The van der Waals surface area contributed by atoms with E-state index < -0.39 is 5.72 Å². The van der Waals surface area contributed by atoms with Crippen molar-refractivity contribution in [2.24, 2.45) is 4.99 Å². The van der Waals surface area contributed by atoms with Gasteiger partial charge in [0.05, 0.1) is 18.2 Å². The van der Waals surface area contributed by atoms with Crippen molar-refractivity contribution >= 4 is 28.4 Å². The van der Waals surface area contributed by atoms with Crippen molar-refractivity contribution in [3.63, 3.8) is 0 Å². The molecular weight excluding hydrogens is 336 g/mol. The number of benzene rings is 3. The van der Waals surface area contributed by atoms with Gasteiger partial charge in [0.25, 0.3) is 0 Å². The summed E-state index contributed by atoms with van der Waals surface area (Å²) in [6, 6.07) is 18.5. The molecule has 27 heavy (non-hydrogen) atoms. The number of aliphatic hydroxyl groups excluding tert-OH is 1. The van der Waals surface area contributed by atoms with Crippen LogP contribution < -0.4 is 9.64 Å². The highest BCUT2D eigenvalue weighted by Crippen LogP contribution is 2.54. The van der Waals surface area contributed by atoms with Gasteiger partial charge in [-0.1, -0.05) is 42.5 Å². The molecule has 0 fully saturated rings. The fourth-order valence-corrected chi connectivity index (χ4v) is 4.59. The molecule has 2 aliphatic rings. The van der Waals surface area contributed by atoms with E-state index in [2.05, 4.69) is 36.9 Å². The lowest BCUT2D eigenvalue weighted by Gasteiger charge is -2.45. The zero-order valence-electron chi connectivity index (χ0n) is 15.7. The molecular formula is C23H22N2O2. The molecule has 0 saturated heterocycles. The summed E-state index contributed by atoms with van der Waals surface area (Å²) in [5, 5.41) is 12.1. The predicted octanol–water partition coefficient (Wildman–Crippen LogP) is 4.55. The summed E-state index contributed by atoms with van der Waals surface area (Å²) in [5.41, 5.74) is 2.88. The van der Waals surface area contributed by atoms with Crippen molar-refractivity contribution in [2.75, 3.05) is 11.9 Å². The van der Waals surface area contributed by atoms with E-state index in [1.807, 2.05) is 49.7 Å². The number of hydrogen-bond donors (Lipinski definition) is 1. The van der Waals surface area contributed by atoms with E-state index in [9.17, 15) is 5.11 Å². The van der Waals surface area contributed by atoms with Gasteiger partial charge in [0.2, 0.25) is 5.72 Å². The number of aliphatic imine (C=N–C) groups is 1. The van der Waals surface area contributed by atoms with Crippen molar-refractivity contribution in [3.8, 4) is 5.75 Å². The minimum Gasteiger partial charge on any atom is -0.459 e. The first-order valence-corrected chi connectivity index (χ1v) is 9.22. The minimum atomic E-state index is -0.740. The molecule has 4 nitrogen and oxygen atoms in total. The minimum absolute atomic E-state index is 0.0874. The second kappa shape index (κ2) is 5.33. The van der Waals surface area contributed by atoms with E-state index in [4.69, 9.17) is 9.73 Å². The van der Waals surface area contributed by atoms with Crippen molar-refractivity contribution in [3.05, 3.63) is 65.7 Å². The Hall–Kier alpha value is -2.85. The number of fused-ring (bicyclic) bond motifs is 4. The monoisotopic (exact) mass is 358 g/mol. The molecule has 2 aliphatic heterocycles. The standard InChI is InChI=1S/C23H22N2O2/c1-22(2)18-10-6-7-11-19(18)25(3)23(22)14-24-20-17-9-5-4-8-15(17)12-16(13-26)21(20)27-23/h4-12,14,26H,13H2,1-3H3. The predicted molar refractivity (Wildman–Crippen MR) is 109 cm³/mol. The number of rotatable bonds is 1. The zero-order chi connectivity index (χ0) is 18.8. The maximum atomic E-state index is 10.0. The maximum Gasteiger partial charge on any atom is 0.228 e. The zero-order valence-corrected chi connectivity index (χ0v) is 15.7. The second-order valence-electron chi connectivity index (χ2n) is 7.85. The maximum absolute atomic E-state index is 10.0. The van der Waals surface area contributed by atoms with E-state index in [1.54, 1.807) is 0 Å². The molecule has 0 aliphatic carbocycles. The number of aliphatic hydroxyl groups is 1. The highest BCUT2D eigenvalue weighted by molar-refractivity contribution is 6.00. The molecule has 0 bridgehead atoms. The number of anilines is 1. The van der Waals surface area contributed by atoms with Gasteiger partial charge in [-0.25, -0.2) is 0 Å². The molecule has 2 heterocycles. The molecule has 4 heteroatoms. The third kappa shape index (κ3) is 1.94. The van der Waals surface area contributed by atoms with Gasteiger partial charge in [-0.15, -0.1) is 0 Å². The van der Waals surface area contributed by atoms with Crippen molar-refractivity contribution in [2.45, 2.75) is 31.6 Å². The van der Waals surface area contributed by atoms with Crippen LogP contribution in [0.5, 0.6) is 5.75 Å².